The Morgan fingerprint density at radius 3 is 2.32 bits per heavy atom. The van der Waals surface area contributed by atoms with Gasteiger partial charge in [-0.2, -0.15) is 5.26 Å². The number of rotatable bonds is 6. The van der Waals surface area contributed by atoms with E-state index in [0.29, 0.717) is 25.6 Å². The smallest absolute Gasteiger partial charge is 0.171 e. The molecule has 136 valence electrons. The van der Waals surface area contributed by atoms with Crippen LogP contribution in [-0.4, -0.2) is 38.0 Å². The molecule has 3 rings (SSSR count). The average molecular weight is 342 g/mol. The van der Waals surface area contributed by atoms with Crippen LogP contribution in [0.25, 0.3) is 0 Å². The molecular formula is C21H30N2O2. The molecule has 1 saturated carbocycles. The first-order valence-electron chi connectivity index (χ1n) is 9.55. The van der Waals surface area contributed by atoms with Crippen LogP contribution in [0.5, 0.6) is 0 Å². The number of hydrogen-bond acceptors (Lipinski definition) is 4. The van der Waals surface area contributed by atoms with Crippen LogP contribution < -0.4 is 0 Å². The predicted molar refractivity (Wildman–Crippen MR) is 97.9 cm³/mol. The quantitative estimate of drug-likeness (QED) is 0.782. The van der Waals surface area contributed by atoms with Crippen molar-refractivity contribution in [3.63, 3.8) is 0 Å². The van der Waals surface area contributed by atoms with Gasteiger partial charge < -0.3 is 9.47 Å². The second-order valence-corrected chi connectivity index (χ2v) is 7.58. The molecule has 25 heavy (non-hydrogen) atoms. The molecule has 2 aliphatic rings. The fourth-order valence-electron chi connectivity index (χ4n) is 4.51. The minimum Gasteiger partial charge on any atom is -0.347 e. The van der Waals surface area contributed by atoms with Crippen molar-refractivity contribution in [1.29, 1.82) is 5.26 Å². The summed E-state index contributed by atoms with van der Waals surface area (Å²) < 4.78 is 12.4. The van der Waals surface area contributed by atoms with Crippen LogP contribution in [0.3, 0.4) is 0 Å². The van der Waals surface area contributed by atoms with Crippen molar-refractivity contribution in [3.05, 3.63) is 35.9 Å². The molecule has 0 spiro atoms. The van der Waals surface area contributed by atoms with E-state index >= 15 is 0 Å². The lowest BCUT2D eigenvalue weighted by molar-refractivity contribution is -0.209. The molecule has 0 amide bonds. The van der Waals surface area contributed by atoms with E-state index in [1.807, 2.05) is 49.3 Å². The fraction of sp³-hybridized carbons (Fsp3) is 0.667. The first kappa shape index (κ1) is 18.4. The first-order chi connectivity index (χ1) is 12.1. The van der Waals surface area contributed by atoms with Gasteiger partial charge in [-0.15, -0.1) is 0 Å². The van der Waals surface area contributed by atoms with E-state index in [-0.39, 0.29) is 0 Å². The lowest BCUT2D eigenvalue weighted by atomic mass is 9.77. The number of nitriles is 1. The molecule has 1 heterocycles. The minimum absolute atomic E-state index is 0.457. The van der Waals surface area contributed by atoms with Crippen molar-refractivity contribution < 1.29 is 9.47 Å². The summed E-state index contributed by atoms with van der Waals surface area (Å²) in [5, 5.41) is 10.1. The van der Waals surface area contributed by atoms with Crippen LogP contribution in [0, 0.1) is 17.2 Å². The average Bonchev–Trinajstić information content (AvgIpc) is 3.14. The maximum Gasteiger partial charge on any atom is 0.171 e. The van der Waals surface area contributed by atoms with Gasteiger partial charge in [-0.3, -0.25) is 4.90 Å². The fourth-order valence-corrected chi connectivity index (χ4v) is 4.51. The van der Waals surface area contributed by atoms with E-state index in [0.717, 1.165) is 12.0 Å². The molecule has 0 N–H and O–H groups in total. The van der Waals surface area contributed by atoms with Gasteiger partial charge in [0.2, 0.25) is 0 Å². The summed E-state index contributed by atoms with van der Waals surface area (Å²) in [6, 6.07) is 12.7. The van der Waals surface area contributed by atoms with Crippen LogP contribution in [-0.2, 0) is 15.0 Å². The van der Waals surface area contributed by atoms with Crippen LogP contribution in [0.4, 0.5) is 0 Å². The van der Waals surface area contributed by atoms with Gasteiger partial charge in [0.05, 0.1) is 19.3 Å². The Labute approximate surface area is 151 Å². The zero-order valence-corrected chi connectivity index (χ0v) is 15.5. The van der Waals surface area contributed by atoms with E-state index in [1.54, 1.807) is 0 Å². The molecule has 1 aromatic rings. The Morgan fingerprint density at radius 1 is 1.12 bits per heavy atom. The lowest BCUT2D eigenvalue weighted by Gasteiger charge is -2.41. The van der Waals surface area contributed by atoms with Gasteiger partial charge >= 0.3 is 0 Å². The second-order valence-electron chi connectivity index (χ2n) is 7.58. The largest absolute Gasteiger partial charge is 0.347 e. The van der Waals surface area contributed by atoms with E-state index in [2.05, 4.69) is 6.07 Å². The van der Waals surface area contributed by atoms with Gasteiger partial charge in [0, 0.05) is 12.3 Å². The molecule has 1 aliphatic carbocycles. The number of nitrogens with zero attached hydrogens (tertiary/aromatic N) is 2. The summed E-state index contributed by atoms with van der Waals surface area (Å²) in [6.07, 6.45) is 7.65. The first-order valence-corrected chi connectivity index (χ1v) is 9.55. The Morgan fingerprint density at radius 2 is 1.76 bits per heavy atom. The van der Waals surface area contributed by atoms with Gasteiger partial charge in [-0.25, -0.2) is 0 Å². The van der Waals surface area contributed by atoms with Crippen molar-refractivity contribution in [2.45, 2.75) is 56.3 Å². The molecule has 1 atom stereocenters. The number of ether oxygens (including phenoxy) is 2. The summed E-state index contributed by atoms with van der Waals surface area (Å²) in [7, 11) is 3.97. The molecule has 4 nitrogen and oxygen atoms in total. The molecule has 1 saturated heterocycles. The molecule has 0 aromatic heterocycles. The molecule has 4 heteroatoms. The second kappa shape index (κ2) is 7.86. The highest BCUT2D eigenvalue weighted by Gasteiger charge is 2.47. The summed E-state index contributed by atoms with van der Waals surface area (Å²) >= 11 is 0. The van der Waals surface area contributed by atoms with Crippen molar-refractivity contribution in [2.24, 2.45) is 5.92 Å². The Hall–Kier alpha value is -1.41. The van der Waals surface area contributed by atoms with Crippen molar-refractivity contribution in [2.75, 3.05) is 27.3 Å². The summed E-state index contributed by atoms with van der Waals surface area (Å²) in [5.74, 6) is -0.0362. The maximum atomic E-state index is 10.1. The summed E-state index contributed by atoms with van der Waals surface area (Å²) in [6.45, 7) is 1.34. The summed E-state index contributed by atoms with van der Waals surface area (Å²) in [5.41, 5.74) is 0.386. The SMILES string of the molecule is CN(C)C(C#N)(CCC1(C2CCCCC2)OCCO1)c1ccccc1. The molecule has 1 aliphatic heterocycles. The van der Waals surface area contributed by atoms with Crippen LogP contribution in [0.2, 0.25) is 0 Å². The Balaban J connectivity index is 1.83. The highest BCUT2D eigenvalue weighted by atomic mass is 16.7. The van der Waals surface area contributed by atoms with Crippen molar-refractivity contribution >= 4 is 0 Å². The standard InChI is InChI=1S/C21H30N2O2/c1-23(2)20(17-22,18-9-5-3-6-10-18)13-14-21(24-15-16-25-21)19-11-7-4-8-12-19/h3,5-6,9-10,19H,4,7-8,11-16H2,1-2H3. The Kier molecular flexibility index (Phi) is 5.78. The monoisotopic (exact) mass is 342 g/mol. The molecule has 1 aromatic carbocycles. The maximum absolute atomic E-state index is 10.1. The highest BCUT2D eigenvalue weighted by molar-refractivity contribution is 5.31. The topological polar surface area (TPSA) is 45.5 Å². The molecule has 0 radical (unpaired) electrons. The molecule has 1 unspecified atom stereocenters. The lowest BCUT2D eigenvalue weighted by Crippen LogP contribution is -2.46. The van der Waals surface area contributed by atoms with Crippen LogP contribution in [0.1, 0.15) is 50.5 Å². The zero-order valence-electron chi connectivity index (χ0n) is 15.5. The van der Waals surface area contributed by atoms with E-state index in [1.165, 1.54) is 32.1 Å². The normalized spacial score (nSPS) is 23.3. The highest BCUT2D eigenvalue weighted by Crippen LogP contribution is 2.44. The predicted octanol–water partition coefficient (Wildman–Crippen LogP) is 4.07. The van der Waals surface area contributed by atoms with Gasteiger partial charge in [0.25, 0.3) is 0 Å². The Bertz CT molecular complexity index is 584. The van der Waals surface area contributed by atoms with Crippen LogP contribution >= 0.6 is 0 Å². The zero-order chi connectivity index (χ0) is 17.8. The van der Waals surface area contributed by atoms with Gasteiger partial charge in [0.1, 0.15) is 5.54 Å². The van der Waals surface area contributed by atoms with Gasteiger partial charge in [-0.1, -0.05) is 49.6 Å². The van der Waals surface area contributed by atoms with E-state index < -0.39 is 11.3 Å². The molecule has 0 bridgehead atoms. The van der Waals surface area contributed by atoms with E-state index in [4.69, 9.17) is 9.47 Å². The molecule has 2 fully saturated rings. The number of benzene rings is 1. The number of hydrogen-bond donors (Lipinski definition) is 0. The van der Waals surface area contributed by atoms with Crippen molar-refractivity contribution in [3.8, 4) is 6.07 Å². The third-order valence-electron chi connectivity index (χ3n) is 6.04. The minimum atomic E-state index is -0.655. The molecular weight excluding hydrogens is 312 g/mol. The van der Waals surface area contributed by atoms with Gasteiger partial charge in [0.15, 0.2) is 5.79 Å². The van der Waals surface area contributed by atoms with E-state index in [9.17, 15) is 5.26 Å². The third-order valence-corrected chi connectivity index (χ3v) is 6.04. The third kappa shape index (κ3) is 3.60. The van der Waals surface area contributed by atoms with Crippen LogP contribution in [0.15, 0.2) is 30.3 Å². The summed E-state index contributed by atoms with van der Waals surface area (Å²) in [4.78, 5) is 2.03. The van der Waals surface area contributed by atoms with Gasteiger partial charge in [-0.05, 0) is 38.9 Å². The van der Waals surface area contributed by atoms with Crippen molar-refractivity contribution in [1.82, 2.24) is 4.90 Å².